The molecule has 2 atom stereocenters. The van der Waals surface area contributed by atoms with Gasteiger partial charge in [0.1, 0.15) is 0 Å². The molecule has 0 aliphatic carbocycles. The van der Waals surface area contributed by atoms with Gasteiger partial charge in [-0.15, -0.1) is 0 Å². The molecule has 1 aromatic rings. The Hall–Kier alpha value is -1.03. The molecule has 1 aromatic heterocycles. The van der Waals surface area contributed by atoms with Crippen molar-refractivity contribution < 1.29 is 0 Å². The number of nitrogens with two attached hydrogens (primary N) is 1. The second kappa shape index (κ2) is 3.77. The number of nitrogen functional groups attached to an aromatic ring is 1. The van der Waals surface area contributed by atoms with Gasteiger partial charge in [0.05, 0.1) is 5.69 Å². The molecular weight excluding hydrogens is 200 g/mol. The molecule has 0 spiro atoms. The van der Waals surface area contributed by atoms with Crippen LogP contribution < -0.4 is 5.73 Å². The monoisotopic (exact) mass is 220 g/mol. The summed E-state index contributed by atoms with van der Waals surface area (Å²) < 4.78 is 2.19. The van der Waals surface area contributed by atoms with E-state index < -0.39 is 0 Å². The maximum atomic E-state index is 5.95. The normalized spacial score (nSPS) is 30.6. The number of hydrogen-bond acceptors (Lipinski definition) is 3. The molecule has 16 heavy (non-hydrogen) atoms. The minimum absolute atomic E-state index is 0.570. The summed E-state index contributed by atoms with van der Waals surface area (Å²) >= 11 is 0. The van der Waals surface area contributed by atoms with Gasteiger partial charge in [-0.2, -0.15) is 0 Å². The van der Waals surface area contributed by atoms with Crippen LogP contribution in [0, 0.1) is 6.92 Å². The number of fused-ring (bicyclic) bond motifs is 1. The van der Waals surface area contributed by atoms with E-state index in [1.807, 2.05) is 6.92 Å². The Morgan fingerprint density at radius 3 is 2.94 bits per heavy atom. The van der Waals surface area contributed by atoms with E-state index in [0.717, 1.165) is 11.7 Å². The average molecular weight is 220 g/mol. The summed E-state index contributed by atoms with van der Waals surface area (Å²) in [6, 6.07) is 1.36. The van der Waals surface area contributed by atoms with Crippen molar-refractivity contribution in [3.05, 3.63) is 11.9 Å². The highest BCUT2D eigenvalue weighted by Gasteiger charge is 2.32. The van der Waals surface area contributed by atoms with Crippen LogP contribution in [0.4, 0.5) is 5.95 Å². The fraction of sp³-hybridized carbons (Fsp3) is 0.750. The lowest BCUT2D eigenvalue weighted by Crippen LogP contribution is -2.38. The highest BCUT2D eigenvalue weighted by molar-refractivity contribution is 5.22. The first-order chi connectivity index (χ1) is 7.74. The zero-order valence-corrected chi connectivity index (χ0v) is 9.89. The highest BCUT2D eigenvalue weighted by atomic mass is 15.2. The van der Waals surface area contributed by atoms with Crippen molar-refractivity contribution in [1.29, 1.82) is 0 Å². The van der Waals surface area contributed by atoms with Crippen LogP contribution in [0.3, 0.4) is 0 Å². The van der Waals surface area contributed by atoms with E-state index in [1.165, 1.54) is 38.8 Å². The number of aryl methyl sites for hydroxylation is 1. The number of piperidine rings is 1. The maximum Gasteiger partial charge on any atom is 0.200 e. The molecule has 2 N–H and O–H groups in total. The van der Waals surface area contributed by atoms with Crippen molar-refractivity contribution in [1.82, 2.24) is 14.5 Å². The van der Waals surface area contributed by atoms with Gasteiger partial charge in [-0.3, -0.25) is 0 Å². The van der Waals surface area contributed by atoms with Crippen molar-refractivity contribution in [2.45, 2.75) is 44.7 Å². The SMILES string of the molecule is Cc1cn(C2CCN3CCCC3C2)c(N)n1. The topological polar surface area (TPSA) is 47.1 Å². The number of hydrogen-bond donors (Lipinski definition) is 1. The Labute approximate surface area is 96.4 Å². The van der Waals surface area contributed by atoms with Crippen LogP contribution in [0.15, 0.2) is 6.20 Å². The Bertz CT molecular complexity index is 384. The van der Waals surface area contributed by atoms with E-state index in [9.17, 15) is 0 Å². The summed E-state index contributed by atoms with van der Waals surface area (Å²) in [6.45, 7) is 4.54. The largest absolute Gasteiger partial charge is 0.369 e. The fourth-order valence-corrected chi connectivity index (χ4v) is 3.28. The molecule has 0 aromatic carbocycles. The number of anilines is 1. The zero-order chi connectivity index (χ0) is 11.1. The molecule has 2 aliphatic rings. The summed E-state index contributed by atoms with van der Waals surface area (Å²) in [5, 5.41) is 0. The van der Waals surface area contributed by atoms with Crippen LogP contribution in [0.2, 0.25) is 0 Å². The standard InChI is InChI=1S/C12H20N4/c1-9-8-16(12(13)14-9)11-4-6-15-5-2-3-10(15)7-11/h8,10-11H,2-7H2,1H3,(H2,13,14). The van der Waals surface area contributed by atoms with Gasteiger partial charge in [-0.1, -0.05) is 0 Å². The van der Waals surface area contributed by atoms with Crippen molar-refractivity contribution >= 4 is 5.95 Å². The van der Waals surface area contributed by atoms with Crippen LogP contribution in [0.25, 0.3) is 0 Å². The van der Waals surface area contributed by atoms with E-state index in [-0.39, 0.29) is 0 Å². The summed E-state index contributed by atoms with van der Waals surface area (Å²) in [5.74, 6) is 0.689. The van der Waals surface area contributed by atoms with Gasteiger partial charge in [0.25, 0.3) is 0 Å². The smallest absolute Gasteiger partial charge is 0.200 e. The number of aromatic nitrogens is 2. The summed E-state index contributed by atoms with van der Waals surface area (Å²) in [4.78, 5) is 6.93. The van der Waals surface area contributed by atoms with Crippen molar-refractivity contribution in [3.63, 3.8) is 0 Å². The first-order valence-corrected chi connectivity index (χ1v) is 6.29. The van der Waals surface area contributed by atoms with Crippen LogP contribution in [0.1, 0.15) is 37.4 Å². The third-order valence-corrected chi connectivity index (χ3v) is 4.07. The minimum Gasteiger partial charge on any atom is -0.369 e. The minimum atomic E-state index is 0.570. The quantitative estimate of drug-likeness (QED) is 0.781. The van der Waals surface area contributed by atoms with Crippen LogP contribution in [0.5, 0.6) is 0 Å². The summed E-state index contributed by atoms with van der Waals surface area (Å²) in [5.41, 5.74) is 6.98. The molecule has 3 rings (SSSR count). The molecule has 0 bridgehead atoms. The number of nitrogens with zero attached hydrogens (tertiary/aromatic N) is 3. The number of imidazole rings is 1. The lowest BCUT2D eigenvalue weighted by molar-refractivity contribution is 0.156. The molecule has 4 nitrogen and oxygen atoms in total. The van der Waals surface area contributed by atoms with E-state index >= 15 is 0 Å². The van der Waals surface area contributed by atoms with Crippen molar-refractivity contribution in [2.24, 2.45) is 0 Å². The number of rotatable bonds is 1. The maximum absolute atomic E-state index is 5.95. The van der Waals surface area contributed by atoms with Crippen LogP contribution in [-0.4, -0.2) is 33.6 Å². The third-order valence-electron chi connectivity index (χ3n) is 4.07. The van der Waals surface area contributed by atoms with Gasteiger partial charge < -0.3 is 15.2 Å². The first kappa shape index (κ1) is 10.1. The molecule has 4 heteroatoms. The van der Waals surface area contributed by atoms with Crippen molar-refractivity contribution in [3.8, 4) is 0 Å². The Morgan fingerprint density at radius 1 is 1.31 bits per heavy atom. The van der Waals surface area contributed by atoms with Gasteiger partial charge in [0, 0.05) is 24.8 Å². The Kier molecular flexibility index (Phi) is 2.39. The lowest BCUT2D eigenvalue weighted by atomic mass is 9.97. The van der Waals surface area contributed by atoms with Gasteiger partial charge in [0.2, 0.25) is 5.95 Å². The third kappa shape index (κ3) is 1.61. The zero-order valence-electron chi connectivity index (χ0n) is 9.89. The Morgan fingerprint density at radius 2 is 2.19 bits per heavy atom. The molecule has 0 saturated carbocycles. The summed E-state index contributed by atoms with van der Waals surface area (Å²) in [6.07, 6.45) is 7.31. The van der Waals surface area contributed by atoms with Gasteiger partial charge in [-0.05, 0) is 39.2 Å². The molecule has 2 aliphatic heterocycles. The van der Waals surface area contributed by atoms with E-state index in [0.29, 0.717) is 12.0 Å². The van der Waals surface area contributed by atoms with E-state index in [2.05, 4.69) is 20.6 Å². The average Bonchev–Trinajstić information content (AvgIpc) is 2.83. The molecule has 88 valence electrons. The second-order valence-electron chi connectivity index (χ2n) is 5.16. The molecule has 2 saturated heterocycles. The van der Waals surface area contributed by atoms with Crippen LogP contribution in [-0.2, 0) is 0 Å². The molecule has 0 radical (unpaired) electrons. The lowest BCUT2D eigenvalue weighted by Gasteiger charge is -2.35. The predicted molar refractivity (Wildman–Crippen MR) is 64.2 cm³/mol. The first-order valence-electron chi connectivity index (χ1n) is 6.29. The Balaban J connectivity index is 1.78. The second-order valence-corrected chi connectivity index (χ2v) is 5.16. The van der Waals surface area contributed by atoms with Gasteiger partial charge >= 0.3 is 0 Å². The molecule has 2 fully saturated rings. The van der Waals surface area contributed by atoms with Gasteiger partial charge in [0.15, 0.2) is 0 Å². The van der Waals surface area contributed by atoms with E-state index in [1.54, 1.807) is 0 Å². The summed E-state index contributed by atoms with van der Waals surface area (Å²) in [7, 11) is 0. The van der Waals surface area contributed by atoms with E-state index in [4.69, 9.17) is 5.73 Å². The highest BCUT2D eigenvalue weighted by Crippen LogP contribution is 2.34. The predicted octanol–water partition coefficient (Wildman–Crippen LogP) is 1.57. The molecule has 0 amide bonds. The van der Waals surface area contributed by atoms with Gasteiger partial charge in [-0.25, -0.2) is 4.98 Å². The molecule has 2 unspecified atom stereocenters. The van der Waals surface area contributed by atoms with Crippen molar-refractivity contribution in [2.75, 3.05) is 18.8 Å². The fourth-order valence-electron chi connectivity index (χ4n) is 3.28. The molecular formula is C12H20N4. The van der Waals surface area contributed by atoms with Crippen LogP contribution >= 0.6 is 0 Å². The molecule has 3 heterocycles.